The van der Waals surface area contributed by atoms with Crippen LogP contribution in [0, 0.1) is 5.92 Å². The highest BCUT2D eigenvalue weighted by molar-refractivity contribution is 5.85. The second-order valence-electron chi connectivity index (χ2n) is 6.48. The van der Waals surface area contributed by atoms with Crippen LogP contribution in [0.4, 0.5) is 0 Å². The van der Waals surface area contributed by atoms with Gasteiger partial charge in [0.15, 0.2) is 0 Å². The monoisotopic (exact) mass is 334 g/mol. The maximum Gasteiger partial charge on any atom is 0.350 e. The summed E-state index contributed by atoms with van der Waals surface area (Å²) in [5.41, 5.74) is 0.939. The van der Waals surface area contributed by atoms with Gasteiger partial charge in [0.05, 0.1) is 5.69 Å². The number of hydrogen-bond donors (Lipinski definition) is 1. The number of hydrogen-bond acceptors (Lipinski definition) is 3. The normalized spacial score (nSPS) is 21.0. The van der Waals surface area contributed by atoms with Crippen molar-refractivity contribution < 1.29 is 0 Å². The van der Waals surface area contributed by atoms with E-state index in [2.05, 4.69) is 5.32 Å². The predicted octanol–water partition coefficient (Wildman–Crippen LogP) is 2.33. The standard InChI is InChI=1S/C17H22N4O.ClH/c22-17-20(12-13-8-9-13)19-16(14-5-4-10-18-11-14)21(17)15-6-2-1-3-7-15;/h1-3,6-7,13-14,18H,4-5,8-12H2;1H. The minimum Gasteiger partial charge on any atom is -0.316 e. The molecule has 0 amide bonds. The van der Waals surface area contributed by atoms with Crippen LogP contribution in [-0.2, 0) is 6.54 Å². The molecule has 1 aliphatic carbocycles. The fraction of sp³-hybridized carbons (Fsp3) is 0.529. The van der Waals surface area contributed by atoms with E-state index in [0.29, 0.717) is 11.8 Å². The van der Waals surface area contributed by atoms with Gasteiger partial charge in [0.25, 0.3) is 0 Å². The molecule has 1 unspecified atom stereocenters. The SMILES string of the molecule is Cl.O=c1n(CC2CC2)nc(C2CCCNC2)n1-c1ccccc1. The first-order valence-corrected chi connectivity index (χ1v) is 8.29. The van der Waals surface area contributed by atoms with E-state index in [1.165, 1.54) is 12.8 Å². The summed E-state index contributed by atoms with van der Waals surface area (Å²) >= 11 is 0. The fourth-order valence-electron chi connectivity index (χ4n) is 3.24. The van der Waals surface area contributed by atoms with Gasteiger partial charge in [-0.05, 0) is 50.3 Å². The maximum atomic E-state index is 12.8. The van der Waals surface area contributed by atoms with Crippen LogP contribution in [0.25, 0.3) is 5.69 Å². The second kappa shape index (κ2) is 6.89. The van der Waals surface area contributed by atoms with Crippen molar-refractivity contribution in [3.63, 3.8) is 0 Å². The summed E-state index contributed by atoms with van der Waals surface area (Å²) in [6.07, 6.45) is 4.69. The molecule has 6 heteroatoms. The molecule has 5 nitrogen and oxygen atoms in total. The highest BCUT2D eigenvalue weighted by atomic mass is 35.5. The lowest BCUT2D eigenvalue weighted by atomic mass is 9.99. The Morgan fingerprint density at radius 3 is 2.61 bits per heavy atom. The number of nitrogens with one attached hydrogen (secondary N) is 1. The molecule has 1 saturated heterocycles. The van der Waals surface area contributed by atoms with Crippen molar-refractivity contribution in [3.05, 3.63) is 46.6 Å². The van der Waals surface area contributed by atoms with E-state index in [9.17, 15) is 4.79 Å². The molecule has 1 saturated carbocycles. The lowest BCUT2D eigenvalue weighted by molar-refractivity contribution is 0.437. The third-order valence-corrected chi connectivity index (χ3v) is 4.67. The van der Waals surface area contributed by atoms with E-state index in [-0.39, 0.29) is 18.1 Å². The Bertz CT molecular complexity index is 699. The number of rotatable bonds is 4. The largest absolute Gasteiger partial charge is 0.350 e. The van der Waals surface area contributed by atoms with Gasteiger partial charge in [-0.1, -0.05) is 18.2 Å². The number of halogens is 1. The molecule has 1 aromatic heterocycles. The van der Waals surface area contributed by atoms with E-state index >= 15 is 0 Å². The quantitative estimate of drug-likeness (QED) is 0.933. The van der Waals surface area contributed by atoms with Gasteiger partial charge in [-0.15, -0.1) is 12.4 Å². The number of benzene rings is 1. The van der Waals surface area contributed by atoms with Gasteiger partial charge in [-0.2, -0.15) is 5.10 Å². The predicted molar refractivity (Wildman–Crippen MR) is 92.6 cm³/mol. The summed E-state index contributed by atoms with van der Waals surface area (Å²) in [6.45, 7) is 2.74. The third-order valence-electron chi connectivity index (χ3n) is 4.67. The minimum atomic E-state index is 0. The molecule has 0 spiro atoms. The molecule has 1 aromatic carbocycles. The van der Waals surface area contributed by atoms with Crippen LogP contribution in [0.1, 0.15) is 37.4 Å². The van der Waals surface area contributed by atoms with Crippen LogP contribution in [-0.4, -0.2) is 27.4 Å². The van der Waals surface area contributed by atoms with Crippen molar-refractivity contribution in [2.45, 2.75) is 38.1 Å². The highest BCUT2D eigenvalue weighted by Gasteiger charge is 2.28. The Hall–Kier alpha value is -1.59. The summed E-state index contributed by atoms with van der Waals surface area (Å²) < 4.78 is 3.51. The molecule has 1 atom stereocenters. The summed E-state index contributed by atoms with van der Waals surface area (Å²) in [4.78, 5) is 12.8. The zero-order chi connectivity index (χ0) is 14.9. The summed E-state index contributed by atoms with van der Waals surface area (Å²) in [5.74, 6) is 1.89. The first kappa shape index (κ1) is 16.3. The van der Waals surface area contributed by atoms with Crippen LogP contribution in [0.3, 0.4) is 0 Å². The van der Waals surface area contributed by atoms with E-state index in [0.717, 1.165) is 44.0 Å². The van der Waals surface area contributed by atoms with Gasteiger partial charge in [0.1, 0.15) is 5.82 Å². The number of aromatic nitrogens is 3. The first-order valence-electron chi connectivity index (χ1n) is 8.29. The van der Waals surface area contributed by atoms with Crippen LogP contribution < -0.4 is 11.0 Å². The molecule has 4 rings (SSSR count). The molecule has 1 aliphatic heterocycles. The lowest BCUT2D eigenvalue weighted by Crippen LogP contribution is -2.31. The third kappa shape index (κ3) is 3.35. The molecular formula is C17H23ClN4O. The van der Waals surface area contributed by atoms with Crippen molar-refractivity contribution in [1.82, 2.24) is 19.7 Å². The van der Waals surface area contributed by atoms with Crippen LogP contribution in [0.5, 0.6) is 0 Å². The number of nitrogens with zero attached hydrogens (tertiary/aromatic N) is 3. The molecular weight excluding hydrogens is 312 g/mol. The zero-order valence-electron chi connectivity index (χ0n) is 13.1. The van der Waals surface area contributed by atoms with Crippen molar-refractivity contribution in [1.29, 1.82) is 0 Å². The Balaban J connectivity index is 0.00000156. The number of piperidine rings is 1. The average Bonchev–Trinajstić information content (AvgIpc) is 3.33. The summed E-state index contributed by atoms with van der Waals surface area (Å²) in [7, 11) is 0. The second-order valence-corrected chi connectivity index (χ2v) is 6.48. The van der Waals surface area contributed by atoms with Gasteiger partial charge in [0.2, 0.25) is 0 Å². The van der Waals surface area contributed by atoms with Crippen molar-refractivity contribution >= 4 is 12.4 Å². The average molecular weight is 335 g/mol. The van der Waals surface area contributed by atoms with Gasteiger partial charge < -0.3 is 5.32 Å². The molecule has 2 aromatic rings. The highest BCUT2D eigenvalue weighted by Crippen LogP contribution is 2.30. The Kier molecular flexibility index (Phi) is 4.87. The molecule has 2 fully saturated rings. The zero-order valence-corrected chi connectivity index (χ0v) is 14.0. The van der Waals surface area contributed by atoms with Crippen molar-refractivity contribution in [2.75, 3.05) is 13.1 Å². The van der Waals surface area contributed by atoms with E-state index in [4.69, 9.17) is 5.10 Å². The first-order chi connectivity index (χ1) is 10.8. The number of para-hydroxylation sites is 1. The molecule has 0 radical (unpaired) electrons. The molecule has 1 N–H and O–H groups in total. The smallest absolute Gasteiger partial charge is 0.316 e. The van der Waals surface area contributed by atoms with E-state index < -0.39 is 0 Å². The lowest BCUT2D eigenvalue weighted by Gasteiger charge is -2.22. The van der Waals surface area contributed by atoms with Crippen molar-refractivity contribution in [2.24, 2.45) is 5.92 Å². The van der Waals surface area contributed by atoms with Gasteiger partial charge >= 0.3 is 5.69 Å². The minimum absolute atomic E-state index is 0. The Morgan fingerprint density at radius 2 is 1.96 bits per heavy atom. The molecule has 2 aliphatic rings. The topological polar surface area (TPSA) is 51.9 Å². The van der Waals surface area contributed by atoms with Gasteiger partial charge in [-0.3, -0.25) is 0 Å². The van der Waals surface area contributed by atoms with Gasteiger partial charge in [0, 0.05) is 19.0 Å². The van der Waals surface area contributed by atoms with E-state index in [1.807, 2.05) is 34.9 Å². The maximum absolute atomic E-state index is 12.8. The van der Waals surface area contributed by atoms with Crippen molar-refractivity contribution in [3.8, 4) is 5.69 Å². The summed E-state index contributed by atoms with van der Waals surface area (Å²) in [6, 6.07) is 9.91. The Labute approximate surface area is 142 Å². The van der Waals surface area contributed by atoms with Gasteiger partial charge in [-0.25, -0.2) is 14.0 Å². The van der Waals surface area contributed by atoms with E-state index in [1.54, 1.807) is 4.68 Å². The molecule has 2 heterocycles. The summed E-state index contributed by atoms with van der Waals surface area (Å²) in [5, 5.41) is 8.15. The molecule has 0 bridgehead atoms. The fourth-order valence-corrected chi connectivity index (χ4v) is 3.24. The Morgan fingerprint density at radius 1 is 1.17 bits per heavy atom. The molecule has 124 valence electrons. The van der Waals surface area contributed by atoms with Crippen LogP contribution >= 0.6 is 12.4 Å². The molecule has 23 heavy (non-hydrogen) atoms. The van der Waals surface area contributed by atoms with Crippen LogP contribution in [0.2, 0.25) is 0 Å². The van der Waals surface area contributed by atoms with Crippen LogP contribution in [0.15, 0.2) is 35.1 Å².